The van der Waals surface area contributed by atoms with Crippen LogP contribution in [0.1, 0.15) is 23.6 Å². The number of nitrogens with one attached hydrogen (secondary N) is 1. The third kappa shape index (κ3) is 2.63. The Morgan fingerprint density at radius 1 is 1.40 bits per heavy atom. The fourth-order valence-electron chi connectivity index (χ4n) is 2.51. The Kier molecular flexibility index (Phi) is 3.38. The van der Waals surface area contributed by atoms with Gasteiger partial charge in [0.25, 0.3) is 0 Å². The molecule has 1 aromatic heterocycles. The van der Waals surface area contributed by atoms with Crippen molar-refractivity contribution in [3.8, 4) is 0 Å². The summed E-state index contributed by atoms with van der Waals surface area (Å²) in [5.41, 5.74) is 2.14. The van der Waals surface area contributed by atoms with E-state index in [-0.39, 0.29) is 11.8 Å². The van der Waals surface area contributed by atoms with E-state index in [1.54, 1.807) is 4.68 Å². The van der Waals surface area contributed by atoms with Crippen LogP contribution in [-0.2, 0) is 11.8 Å². The zero-order chi connectivity index (χ0) is 14.3. The standard InChI is InChI=1S/C15H16BrN3O/c1-9-7-14(19(2)18-9)17-15(20)13-8-12(13)10-3-5-11(16)6-4-10/h3-7,12-13H,8H2,1-2H3,(H,17,20)/t12-,13-/m0/s1. The van der Waals surface area contributed by atoms with Gasteiger partial charge in [0, 0.05) is 23.5 Å². The minimum absolute atomic E-state index is 0.0754. The first-order chi connectivity index (χ1) is 9.54. The molecule has 5 heteroatoms. The number of halogens is 1. The van der Waals surface area contributed by atoms with Crippen molar-refractivity contribution in [3.63, 3.8) is 0 Å². The Balaban J connectivity index is 1.65. The SMILES string of the molecule is Cc1cc(NC(=O)[C@H]2C[C@H]2c2ccc(Br)cc2)n(C)n1. The van der Waals surface area contributed by atoms with E-state index in [1.807, 2.05) is 32.2 Å². The molecule has 0 unspecified atom stereocenters. The average Bonchev–Trinajstić information content (AvgIpc) is 3.13. The molecule has 1 fully saturated rings. The fourth-order valence-corrected chi connectivity index (χ4v) is 2.77. The second-order valence-electron chi connectivity index (χ2n) is 5.28. The summed E-state index contributed by atoms with van der Waals surface area (Å²) in [6.07, 6.45) is 0.921. The van der Waals surface area contributed by atoms with Gasteiger partial charge in [-0.05, 0) is 37.0 Å². The normalized spacial score (nSPS) is 20.8. The summed E-state index contributed by atoms with van der Waals surface area (Å²) in [5.74, 6) is 1.26. The zero-order valence-corrected chi connectivity index (χ0v) is 13.0. The first kappa shape index (κ1) is 13.4. The predicted molar refractivity (Wildman–Crippen MR) is 81.6 cm³/mol. The molecule has 1 amide bonds. The first-order valence-electron chi connectivity index (χ1n) is 6.61. The molecule has 20 heavy (non-hydrogen) atoms. The molecule has 104 valence electrons. The van der Waals surface area contributed by atoms with E-state index >= 15 is 0 Å². The first-order valence-corrected chi connectivity index (χ1v) is 7.41. The van der Waals surface area contributed by atoms with E-state index in [2.05, 4.69) is 38.5 Å². The topological polar surface area (TPSA) is 46.9 Å². The van der Waals surface area contributed by atoms with Crippen molar-refractivity contribution >= 4 is 27.7 Å². The summed E-state index contributed by atoms with van der Waals surface area (Å²) in [6.45, 7) is 1.91. The van der Waals surface area contributed by atoms with E-state index in [0.29, 0.717) is 5.92 Å². The highest BCUT2D eigenvalue weighted by molar-refractivity contribution is 9.10. The third-order valence-corrected chi connectivity index (χ3v) is 4.21. The number of aryl methyl sites for hydroxylation is 2. The van der Waals surface area contributed by atoms with Crippen molar-refractivity contribution in [1.82, 2.24) is 9.78 Å². The predicted octanol–water partition coefficient (Wildman–Crippen LogP) is 3.23. The maximum atomic E-state index is 12.2. The number of rotatable bonds is 3. The Morgan fingerprint density at radius 3 is 2.70 bits per heavy atom. The summed E-state index contributed by atoms with van der Waals surface area (Å²) in [7, 11) is 1.84. The van der Waals surface area contributed by atoms with Gasteiger partial charge in [-0.3, -0.25) is 9.48 Å². The van der Waals surface area contributed by atoms with Gasteiger partial charge in [-0.25, -0.2) is 0 Å². The van der Waals surface area contributed by atoms with E-state index in [9.17, 15) is 4.79 Å². The molecule has 1 aromatic carbocycles. The minimum atomic E-state index is 0.0754. The van der Waals surface area contributed by atoms with Crippen molar-refractivity contribution in [1.29, 1.82) is 0 Å². The number of amides is 1. The maximum absolute atomic E-state index is 12.2. The molecule has 0 radical (unpaired) electrons. The molecule has 1 heterocycles. The Bertz CT molecular complexity index is 648. The number of carbonyl (C=O) groups excluding carboxylic acids is 1. The van der Waals surface area contributed by atoms with Gasteiger partial charge in [0.15, 0.2) is 0 Å². The molecule has 1 aliphatic carbocycles. The van der Waals surface area contributed by atoms with Crippen molar-refractivity contribution < 1.29 is 4.79 Å². The molecular weight excluding hydrogens is 318 g/mol. The van der Waals surface area contributed by atoms with E-state index in [1.165, 1.54) is 5.56 Å². The number of hydrogen-bond acceptors (Lipinski definition) is 2. The van der Waals surface area contributed by atoms with Crippen LogP contribution in [0.3, 0.4) is 0 Å². The van der Waals surface area contributed by atoms with Gasteiger partial charge < -0.3 is 5.32 Å². The molecule has 0 bridgehead atoms. The van der Waals surface area contributed by atoms with E-state index in [4.69, 9.17) is 0 Å². The number of anilines is 1. The smallest absolute Gasteiger partial charge is 0.229 e. The summed E-state index contributed by atoms with van der Waals surface area (Å²) >= 11 is 3.42. The summed E-state index contributed by atoms with van der Waals surface area (Å²) in [4.78, 5) is 12.2. The lowest BCUT2D eigenvalue weighted by molar-refractivity contribution is -0.117. The average molecular weight is 334 g/mol. The van der Waals surface area contributed by atoms with Crippen LogP contribution in [0, 0.1) is 12.8 Å². The van der Waals surface area contributed by atoms with Crippen molar-refractivity contribution in [3.05, 3.63) is 46.1 Å². The van der Waals surface area contributed by atoms with Gasteiger partial charge >= 0.3 is 0 Å². The Hall–Kier alpha value is -1.62. The highest BCUT2D eigenvalue weighted by Gasteiger charge is 2.44. The van der Waals surface area contributed by atoms with Gasteiger partial charge in [0.2, 0.25) is 5.91 Å². The highest BCUT2D eigenvalue weighted by Crippen LogP contribution is 2.48. The highest BCUT2D eigenvalue weighted by atomic mass is 79.9. The molecule has 0 saturated heterocycles. The monoisotopic (exact) mass is 333 g/mol. The quantitative estimate of drug-likeness (QED) is 0.937. The van der Waals surface area contributed by atoms with Gasteiger partial charge in [0.1, 0.15) is 5.82 Å². The molecule has 1 aliphatic rings. The van der Waals surface area contributed by atoms with Gasteiger partial charge in [-0.15, -0.1) is 0 Å². The Morgan fingerprint density at radius 2 is 2.10 bits per heavy atom. The van der Waals surface area contributed by atoms with Crippen LogP contribution in [0.2, 0.25) is 0 Å². The lowest BCUT2D eigenvalue weighted by atomic mass is 10.1. The number of aromatic nitrogens is 2. The molecular formula is C15H16BrN3O. The van der Waals surface area contributed by atoms with Crippen molar-refractivity contribution in [2.45, 2.75) is 19.3 Å². The van der Waals surface area contributed by atoms with Crippen LogP contribution in [0.4, 0.5) is 5.82 Å². The number of benzene rings is 1. The lowest BCUT2D eigenvalue weighted by Crippen LogP contribution is -2.16. The summed E-state index contributed by atoms with van der Waals surface area (Å²) in [5, 5.41) is 7.18. The third-order valence-electron chi connectivity index (χ3n) is 3.68. The minimum Gasteiger partial charge on any atom is -0.311 e. The van der Waals surface area contributed by atoms with Crippen molar-refractivity contribution in [2.75, 3.05) is 5.32 Å². The molecule has 2 atom stereocenters. The molecule has 0 aliphatic heterocycles. The zero-order valence-electron chi connectivity index (χ0n) is 11.4. The van der Waals surface area contributed by atoms with Crippen LogP contribution in [0.25, 0.3) is 0 Å². The van der Waals surface area contributed by atoms with Crippen LogP contribution in [0.15, 0.2) is 34.8 Å². The lowest BCUT2D eigenvalue weighted by Gasteiger charge is -2.05. The summed E-state index contributed by atoms with van der Waals surface area (Å²) in [6, 6.07) is 10.1. The second kappa shape index (κ2) is 5.05. The van der Waals surface area contributed by atoms with Crippen LogP contribution < -0.4 is 5.32 Å². The molecule has 2 aromatic rings. The summed E-state index contributed by atoms with van der Waals surface area (Å²) < 4.78 is 2.76. The van der Waals surface area contributed by atoms with E-state index < -0.39 is 0 Å². The second-order valence-corrected chi connectivity index (χ2v) is 6.20. The fraction of sp³-hybridized carbons (Fsp3) is 0.333. The number of carbonyl (C=O) groups is 1. The van der Waals surface area contributed by atoms with Crippen LogP contribution in [-0.4, -0.2) is 15.7 Å². The Labute approximate surface area is 126 Å². The molecule has 3 rings (SSSR count). The number of nitrogens with zero attached hydrogens (tertiary/aromatic N) is 2. The number of hydrogen-bond donors (Lipinski definition) is 1. The molecule has 1 N–H and O–H groups in total. The van der Waals surface area contributed by atoms with E-state index in [0.717, 1.165) is 22.4 Å². The molecule has 0 spiro atoms. The largest absolute Gasteiger partial charge is 0.311 e. The van der Waals surface area contributed by atoms with Crippen LogP contribution in [0.5, 0.6) is 0 Å². The molecule has 1 saturated carbocycles. The van der Waals surface area contributed by atoms with Gasteiger partial charge in [0.05, 0.1) is 5.69 Å². The van der Waals surface area contributed by atoms with Crippen molar-refractivity contribution in [2.24, 2.45) is 13.0 Å². The van der Waals surface area contributed by atoms with Gasteiger partial charge in [-0.2, -0.15) is 5.10 Å². The van der Waals surface area contributed by atoms with Crippen LogP contribution >= 0.6 is 15.9 Å². The van der Waals surface area contributed by atoms with Gasteiger partial charge in [-0.1, -0.05) is 28.1 Å². The maximum Gasteiger partial charge on any atom is 0.229 e. The molecule has 4 nitrogen and oxygen atoms in total.